The molecular formula is C19H20Cl2N4O. The van der Waals surface area contributed by atoms with Crippen molar-refractivity contribution < 1.29 is 5.11 Å². The molecule has 0 radical (unpaired) electrons. The lowest BCUT2D eigenvalue weighted by molar-refractivity contribution is 0.399. The number of anilines is 1. The maximum absolute atomic E-state index is 7.00. The molecule has 0 bridgehead atoms. The van der Waals surface area contributed by atoms with Gasteiger partial charge < -0.3 is 15.3 Å². The fraction of sp³-hybridized carbons (Fsp3) is 0.263. The van der Waals surface area contributed by atoms with E-state index >= 15 is 0 Å². The first-order valence-corrected chi connectivity index (χ1v) is 9.08. The Morgan fingerprint density at radius 1 is 1.00 bits per heavy atom. The Bertz CT molecular complexity index is 881. The molecule has 0 unspecified atom stereocenters. The standard InChI is InChI=1S/C18H16Cl2N4.CH4O/c19-13-3-1-12(2-4-13)14-9-15-17(10-16(14)20)22-11-23-18(15)24-7-5-21-6-8-24;1-2/h1-4,9-11,21H,5-8H2;2H,1H3. The Morgan fingerprint density at radius 3 is 2.38 bits per heavy atom. The van der Waals surface area contributed by atoms with Gasteiger partial charge in [0.25, 0.3) is 0 Å². The average Bonchev–Trinajstić information content (AvgIpc) is 2.70. The third-order valence-corrected chi connectivity index (χ3v) is 4.84. The molecule has 7 heteroatoms. The third-order valence-electron chi connectivity index (χ3n) is 4.27. The summed E-state index contributed by atoms with van der Waals surface area (Å²) in [6, 6.07) is 11.7. The van der Waals surface area contributed by atoms with Crippen LogP contribution in [0.25, 0.3) is 22.0 Å². The van der Waals surface area contributed by atoms with Crippen molar-refractivity contribution in [3.63, 3.8) is 0 Å². The van der Waals surface area contributed by atoms with Crippen LogP contribution in [0.5, 0.6) is 0 Å². The fourth-order valence-corrected chi connectivity index (χ4v) is 3.44. The van der Waals surface area contributed by atoms with E-state index in [-0.39, 0.29) is 0 Å². The molecule has 0 amide bonds. The van der Waals surface area contributed by atoms with Crippen molar-refractivity contribution in [1.82, 2.24) is 15.3 Å². The molecule has 2 heterocycles. The van der Waals surface area contributed by atoms with E-state index in [0.29, 0.717) is 10.0 Å². The maximum Gasteiger partial charge on any atom is 0.139 e. The van der Waals surface area contributed by atoms with Crippen LogP contribution in [0.4, 0.5) is 5.82 Å². The van der Waals surface area contributed by atoms with Crippen LogP contribution in [0, 0.1) is 0 Å². The lowest BCUT2D eigenvalue weighted by Crippen LogP contribution is -2.44. The lowest BCUT2D eigenvalue weighted by atomic mass is 10.0. The van der Waals surface area contributed by atoms with Gasteiger partial charge in [0.05, 0.1) is 10.5 Å². The van der Waals surface area contributed by atoms with Crippen molar-refractivity contribution in [1.29, 1.82) is 0 Å². The van der Waals surface area contributed by atoms with Crippen LogP contribution in [0.15, 0.2) is 42.7 Å². The smallest absolute Gasteiger partial charge is 0.139 e. The molecule has 136 valence electrons. The van der Waals surface area contributed by atoms with Crippen molar-refractivity contribution in [2.45, 2.75) is 0 Å². The van der Waals surface area contributed by atoms with Gasteiger partial charge in [0.2, 0.25) is 0 Å². The lowest BCUT2D eigenvalue weighted by Gasteiger charge is -2.29. The van der Waals surface area contributed by atoms with E-state index < -0.39 is 0 Å². The minimum atomic E-state index is 0.676. The van der Waals surface area contributed by atoms with Crippen molar-refractivity contribution in [3.05, 3.63) is 52.8 Å². The van der Waals surface area contributed by atoms with Crippen LogP contribution >= 0.6 is 23.2 Å². The van der Waals surface area contributed by atoms with Crippen molar-refractivity contribution in [2.75, 3.05) is 38.2 Å². The van der Waals surface area contributed by atoms with Gasteiger partial charge in [-0.05, 0) is 29.8 Å². The quantitative estimate of drug-likeness (QED) is 0.699. The number of aromatic nitrogens is 2. The summed E-state index contributed by atoms with van der Waals surface area (Å²) in [6.07, 6.45) is 1.61. The Kier molecular flexibility index (Phi) is 6.27. The van der Waals surface area contributed by atoms with Crippen LogP contribution in [0.1, 0.15) is 0 Å². The molecule has 1 saturated heterocycles. The summed E-state index contributed by atoms with van der Waals surface area (Å²) in [5.74, 6) is 0.966. The van der Waals surface area contributed by atoms with Gasteiger partial charge in [0.15, 0.2) is 0 Å². The summed E-state index contributed by atoms with van der Waals surface area (Å²) in [5, 5.41) is 12.8. The van der Waals surface area contributed by atoms with Crippen molar-refractivity contribution in [2.24, 2.45) is 0 Å². The van der Waals surface area contributed by atoms with E-state index in [1.54, 1.807) is 6.33 Å². The number of aliphatic hydroxyl groups excluding tert-OH is 1. The molecule has 0 spiro atoms. The second-order valence-corrected chi connectivity index (χ2v) is 6.63. The number of hydrogen-bond donors (Lipinski definition) is 2. The van der Waals surface area contributed by atoms with Crippen LogP contribution < -0.4 is 10.2 Å². The first-order chi connectivity index (χ1) is 12.7. The van der Waals surface area contributed by atoms with E-state index in [2.05, 4.69) is 26.3 Å². The van der Waals surface area contributed by atoms with E-state index in [4.69, 9.17) is 28.3 Å². The maximum atomic E-state index is 7.00. The monoisotopic (exact) mass is 390 g/mol. The largest absolute Gasteiger partial charge is 0.400 e. The van der Waals surface area contributed by atoms with E-state index in [1.165, 1.54) is 0 Å². The Morgan fingerprint density at radius 2 is 1.69 bits per heavy atom. The number of nitrogens with zero attached hydrogens (tertiary/aromatic N) is 3. The molecule has 2 aromatic carbocycles. The number of nitrogens with one attached hydrogen (secondary N) is 1. The predicted molar refractivity (Wildman–Crippen MR) is 108 cm³/mol. The molecule has 2 N–H and O–H groups in total. The number of fused-ring (bicyclic) bond motifs is 1. The van der Waals surface area contributed by atoms with Crippen LogP contribution in [-0.4, -0.2) is 48.4 Å². The van der Waals surface area contributed by atoms with Gasteiger partial charge in [-0.2, -0.15) is 0 Å². The first kappa shape index (κ1) is 18.9. The Hall–Kier alpha value is -1.92. The Labute approximate surface area is 162 Å². The SMILES string of the molecule is CO.Clc1ccc(-c2cc3c(N4CCNCC4)ncnc3cc2Cl)cc1. The van der Waals surface area contributed by atoms with Gasteiger partial charge in [0.1, 0.15) is 12.1 Å². The van der Waals surface area contributed by atoms with E-state index in [9.17, 15) is 0 Å². The molecule has 0 aliphatic carbocycles. The second-order valence-electron chi connectivity index (χ2n) is 5.79. The summed E-state index contributed by atoms with van der Waals surface area (Å²) < 4.78 is 0. The summed E-state index contributed by atoms with van der Waals surface area (Å²) >= 11 is 12.5. The summed E-state index contributed by atoms with van der Waals surface area (Å²) in [5.41, 5.74) is 2.86. The number of rotatable bonds is 2. The molecule has 1 aliphatic heterocycles. The zero-order chi connectivity index (χ0) is 18.5. The number of piperazine rings is 1. The highest BCUT2D eigenvalue weighted by atomic mass is 35.5. The summed E-state index contributed by atoms with van der Waals surface area (Å²) in [6.45, 7) is 3.79. The van der Waals surface area contributed by atoms with Gasteiger partial charge in [-0.1, -0.05) is 35.3 Å². The topological polar surface area (TPSA) is 61.3 Å². The molecule has 26 heavy (non-hydrogen) atoms. The highest BCUT2D eigenvalue weighted by Crippen LogP contribution is 2.35. The van der Waals surface area contributed by atoms with Gasteiger partial charge in [-0.15, -0.1) is 0 Å². The van der Waals surface area contributed by atoms with Gasteiger partial charge in [0, 0.05) is 49.3 Å². The number of aliphatic hydroxyl groups is 1. The highest BCUT2D eigenvalue weighted by molar-refractivity contribution is 6.34. The molecular weight excluding hydrogens is 371 g/mol. The second kappa shape index (κ2) is 8.64. The average molecular weight is 391 g/mol. The number of benzene rings is 2. The molecule has 3 aromatic rings. The molecule has 1 aliphatic rings. The molecule has 1 aromatic heterocycles. The zero-order valence-electron chi connectivity index (χ0n) is 14.4. The normalized spacial score (nSPS) is 14.1. The highest BCUT2D eigenvalue weighted by Gasteiger charge is 2.17. The zero-order valence-corrected chi connectivity index (χ0v) is 15.9. The predicted octanol–water partition coefficient (Wildman–Crippen LogP) is 3.62. The molecule has 0 atom stereocenters. The summed E-state index contributed by atoms with van der Waals surface area (Å²) in [4.78, 5) is 11.2. The molecule has 0 saturated carbocycles. The third kappa shape index (κ3) is 3.91. The molecule has 5 nitrogen and oxygen atoms in total. The minimum Gasteiger partial charge on any atom is -0.400 e. The molecule has 1 fully saturated rings. The van der Waals surface area contributed by atoms with Crippen molar-refractivity contribution >= 4 is 39.9 Å². The van der Waals surface area contributed by atoms with Gasteiger partial charge >= 0.3 is 0 Å². The summed E-state index contributed by atoms with van der Waals surface area (Å²) in [7, 11) is 1.00. The number of hydrogen-bond acceptors (Lipinski definition) is 5. The molecule has 4 rings (SSSR count). The Balaban J connectivity index is 0.000000948. The van der Waals surface area contributed by atoms with Gasteiger partial charge in [-0.3, -0.25) is 0 Å². The van der Waals surface area contributed by atoms with Crippen LogP contribution in [0.3, 0.4) is 0 Å². The number of halogens is 2. The van der Waals surface area contributed by atoms with E-state index in [0.717, 1.165) is 61.1 Å². The fourth-order valence-electron chi connectivity index (χ4n) is 3.04. The minimum absolute atomic E-state index is 0.676. The van der Waals surface area contributed by atoms with Crippen LogP contribution in [0.2, 0.25) is 10.0 Å². The van der Waals surface area contributed by atoms with E-state index in [1.807, 2.05) is 30.3 Å². The van der Waals surface area contributed by atoms with Crippen molar-refractivity contribution in [3.8, 4) is 11.1 Å². The van der Waals surface area contributed by atoms with Gasteiger partial charge in [-0.25, -0.2) is 9.97 Å². The first-order valence-electron chi connectivity index (χ1n) is 8.33. The van der Waals surface area contributed by atoms with Crippen LogP contribution in [-0.2, 0) is 0 Å².